The minimum Gasteiger partial charge on any atom is -0.367 e. The average Bonchev–Trinajstić information content (AvgIpc) is 2.75. The molecule has 0 unspecified atom stereocenters. The van der Waals surface area contributed by atoms with Gasteiger partial charge in [-0.3, -0.25) is 4.79 Å². The van der Waals surface area contributed by atoms with Crippen LogP contribution in [0.25, 0.3) is 0 Å². The van der Waals surface area contributed by atoms with Gasteiger partial charge in [0.2, 0.25) is 11.9 Å². The van der Waals surface area contributed by atoms with Crippen LogP contribution in [0.4, 0.5) is 11.8 Å². The molecule has 0 radical (unpaired) electrons. The van der Waals surface area contributed by atoms with E-state index in [0.717, 1.165) is 18.3 Å². The SMILES string of the molecule is O=C(CCl)NCCCNc1nccc(NC2CCN(C3CCCCC3)CC2)n1. The van der Waals surface area contributed by atoms with Crippen LogP contribution in [0, 0.1) is 0 Å². The molecule has 0 bridgehead atoms. The van der Waals surface area contributed by atoms with Crippen molar-refractivity contribution in [3.8, 4) is 0 Å². The summed E-state index contributed by atoms with van der Waals surface area (Å²) < 4.78 is 0. The number of aromatic nitrogens is 2. The average molecular weight is 409 g/mol. The Balaban J connectivity index is 1.37. The van der Waals surface area contributed by atoms with Crippen molar-refractivity contribution in [2.24, 2.45) is 0 Å². The van der Waals surface area contributed by atoms with Crippen molar-refractivity contribution in [2.75, 3.05) is 42.7 Å². The highest BCUT2D eigenvalue weighted by molar-refractivity contribution is 6.27. The van der Waals surface area contributed by atoms with E-state index in [1.54, 1.807) is 6.20 Å². The number of rotatable bonds is 9. The summed E-state index contributed by atoms with van der Waals surface area (Å²) in [5, 5.41) is 9.53. The van der Waals surface area contributed by atoms with Gasteiger partial charge in [0.15, 0.2) is 0 Å². The maximum atomic E-state index is 11.1. The molecule has 1 saturated carbocycles. The van der Waals surface area contributed by atoms with Gasteiger partial charge in [-0.1, -0.05) is 19.3 Å². The van der Waals surface area contributed by atoms with Crippen LogP contribution in [-0.4, -0.2) is 64.9 Å². The van der Waals surface area contributed by atoms with E-state index in [1.807, 2.05) is 6.07 Å². The zero-order valence-electron chi connectivity index (χ0n) is 16.6. The first kappa shape index (κ1) is 21.1. The first-order valence-electron chi connectivity index (χ1n) is 10.6. The summed E-state index contributed by atoms with van der Waals surface area (Å²) in [5.41, 5.74) is 0. The van der Waals surface area contributed by atoms with Gasteiger partial charge in [-0.15, -0.1) is 11.6 Å². The third-order valence-corrected chi connectivity index (χ3v) is 5.95. The molecular formula is C20H33ClN6O. The zero-order valence-corrected chi connectivity index (χ0v) is 17.4. The number of alkyl halides is 1. The number of halogens is 1. The van der Waals surface area contributed by atoms with Gasteiger partial charge >= 0.3 is 0 Å². The Bertz CT molecular complexity index is 602. The molecule has 1 aromatic rings. The molecule has 2 aliphatic rings. The molecule has 0 spiro atoms. The number of amides is 1. The lowest BCUT2D eigenvalue weighted by Crippen LogP contribution is -2.45. The maximum absolute atomic E-state index is 11.1. The van der Waals surface area contributed by atoms with Gasteiger partial charge < -0.3 is 20.9 Å². The molecule has 0 aromatic carbocycles. The molecule has 1 aliphatic heterocycles. The van der Waals surface area contributed by atoms with Crippen LogP contribution in [0.3, 0.4) is 0 Å². The molecule has 7 nitrogen and oxygen atoms in total. The van der Waals surface area contributed by atoms with Gasteiger partial charge in [0, 0.05) is 44.5 Å². The summed E-state index contributed by atoms with van der Waals surface area (Å²) in [7, 11) is 0. The molecule has 0 atom stereocenters. The van der Waals surface area contributed by atoms with Gasteiger partial charge in [0.05, 0.1) is 0 Å². The predicted octanol–water partition coefficient (Wildman–Crippen LogP) is 2.84. The number of hydrogen-bond acceptors (Lipinski definition) is 6. The normalized spacial score (nSPS) is 19.3. The second kappa shape index (κ2) is 11.4. The summed E-state index contributed by atoms with van der Waals surface area (Å²) >= 11 is 5.45. The lowest BCUT2D eigenvalue weighted by atomic mass is 9.92. The molecule has 2 heterocycles. The van der Waals surface area contributed by atoms with Crippen LogP contribution in [0.5, 0.6) is 0 Å². The van der Waals surface area contributed by atoms with Gasteiger partial charge in [-0.25, -0.2) is 4.98 Å². The molecule has 1 saturated heterocycles. The molecule has 8 heteroatoms. The van der Waals surface area contributed by atoms with E-state index in [2.05, 4.69) is 30.8 Å². The molecule has 3 N–H and O–H groups in total. The molecule has 1 aliphatic carbocycles. The number of hydrogen-bond donors (Lipinski definition) is 3. The zero-order chi connectivity index (χ0) is 19.6. The Morgan fingerprint density at radius 2 is 1.93 bits per heavy atom. The van der Waals surface area contributed by atoms with Crippen molar-refractivity contribution >= 4 is 29.3 Å². The second-order valence-corrected chi connectivity index (χ2v) is 8.04. The number of anilines is 2. The molecule has 3 rings (SSSR count). The van der Waals surface area contributed by atoms with Crippen LogP contribution < -0.4 is 16.0 Å². The topological polar surface area (TPSA) is 82.2 Å². The Hall–Kier alpha value is -1.60. The summed E-state index contributed by atoms with van der Waals surface area (Å²) in [5.74, 6) is 1.36. The lowest BCUT2D eigenvalue weighted by molar-refractivity contribution is -0.118. The summed E-state index contributed by atoms with van der Waals surface area (Å²) in [6.07, 6.45) is 11.9. The fourth-order valence-electron chi connectivity index (χ4n) is 4.15. The molecular weight excluding hydrogens is 376 g/mol. The third-order valence-electron chi connectivity index (χ3n) is 5.71. The lowest BCUT2D eigenvalue weighted by Gasteiger charge is -2.39. The molecule has 2 fully saturated rings. The minimum atomic E-state index is -0.140. The van der Waals surface area contributed by atoms with Gasteiger partial charge in [0.25, 0.3) is 0 Å². The summed E-state index contributed by atoms with van der Waals surface area (Å²) in [4.78, 5) is 22.6. The molecule has 1 amide bonds. The van der Waals surface area contributed by atoms with Crippen molar-refractivity contribution in [3.63, 3.8) is 0 Å². The summed E-state index contributed by atoms with van der Waals surface area (Å²) in [6, 6.07) is 3.23. The number of carbonyl (C=O) groups excluding carboxylic acids is 1. The van der Waals surface area contributed by atoms with Gasteiger partial charge in [-0.05, 0) is 38.2 Å². The van der Waals surface area contributed by atoms with Gasteiger partial charge in [-0.2, -0.15) is 4.98 Å². The first-order chi connectivity index (χ1) is 13.7. The number of nitrogens with zero attached hydrogens (tertiary/aromatic N) is 3. The van der Waals surface area contributed by atoms with Crippen LogP contribution >= 0.6 is 11.6 Å². The highest BCUT2D eigenvalue weighted by Gasteiger charge is 2.26. The van der Waals surface area contributed by atoms with E-state index in [0.29, 0.717) is 25.1 Å². The molecule has 1 aromatic heterocycles. The highest BCUT2D eigenvalue weighted by atomic mass is 35.5. The van der Waals surface area contributed by atoms with Crippen molar-refractivity contribution < 1.29 is 4.79 Å². The van der Waals surface area contributed by atoms with E-state index in [1.165, 1.54) is 58.0 Å². The third kappa shape index (κ3) is 6.78. The maximum Gasteiger partial charge on any atom is 0.234 e. The fourth-order valence-corrected chi connectivity index (χ4v) is 4.25. The summed E-state index contributed by atoms with van der Waals surface area (Å²) in [6.45, 7) is 3.67. The number of nitrogens with one attached hydrogen (secondary N) is 3. The fraction of sp³-hybridized carbons (Fsp3) is 0.750. The van der Waals surface area contributed by atoms with Crippen LogP contribution in [-0.2, 0) is 4.79 Å². The largest absolute Gasteiger partial charge is 0.367 e. The highest BCUT2D eigenvalue weighted by Crippen LogP contribution is 2.26. The van der Waals surface area contributed by atoms with E-state index >= 15 is 0 Å². The standard InChI is InChI=1S/C20H33ClN6O/c21-15-19(28)22-10-4-11-23-20-24-12-7-18(26-20)25-16-8-13-27(14-9-16)17-5-2-1-3-6-17/h7,12,16-17H,1-6,8-11,13-15H2,(H,22,28)(H2,23,24,25,26). The van der Waals surface area contributed by atoms with Gasteiger partial charge in [0.1, 0.15) is 11.7 Å². The number of likely N-dealkylation sites (tertiary alicyclic amines) is 1. The van der Waals surface area contributed by atoms with Crippen LogP contribution in [0.1, 0.15) is 51.4 Å². The second-order valence-electron chi connectivity index (χ2n) is 7.78. The van der Waals surface area contributed by atoms with Crippen LogP contribution in [0.2, 0.25) is 0 Å². The van der Waals surface area contributed by atoms with Crippen molar-refractivity contribution in [3.05, 3.63) is 12.3 Å². The Labute approximate surface area is 173 Å². The van der Waals surface area contributed by atoms with Crippen molar-refractivity contribution in [1.29, 1.82) is 0 Å². The van der Waals surface area contributed by atoms with E-state index < -0.39 is 0 Å². The van der Waals surface area contributed by atoms with Crippen molar-refractivity contribution in [2.45, 2.75) is 63.5 Å². The molecule has 156 valence electrons. The van der Waals surface area contributed by atoms with E-state index in [4.69, 9.17) is 11.6 Å². The Kier molecular flexibility index (Phi) is 8.61. The first-order valence-corrected chi connectivity index (χ1v) is 11.2. The number of piperidine rings is 1. The van der Waals surface area contributed by atoms with E-state index in [-0.39, 0.29) is 11.8 Å². The Morgan fingerprint density at radius 1 is 1.14 bits per heavy atom. The van der Waals surface area contributed by atoms with Crippen LogP contribution in [0.15, 0.2) is 12.3 Å². The minimum absolute atomic E-state index is 0.00381. The smallest absolute Gasteiger partial charge is 0.234 e. The quantitative estimate of drug-likeness (QED) is 0.430. The monoisotopic (exact) mass is 408 g/mol. The predicted molar refractivity (Wildman–Crippen MR) is 114 cm³/mol. The molecule has 28 heavy (non-hydrogen) atoms. The number of carbonyl (C=O) groups is 1. The Morgan fingerprint density at radius 3 is 2.68 bits per heavy atom. The van der Waals surface area contributed by atoms with E-state index in [9.17, 15) is 4.79 Å². The van der Waals surface area contributed by atoms with Crippen molar-refractivity contribution in [1.82, 2.24) is 20.2 Å².